The molecule has 0 aliphatic heterocycles. The van der Waals surface area contributed by atoms with E-state index in [1.807, 2.05) is 18.2 Å². The molecule has 2 aromatic heterocycles. The van der Waals surface area contributed by atoms with Gasteiger partial charge >= 0.3 is 5.97 Å². The van der Waals surface area contributed by atoms with Crippen LogP contribution in [0.1, 0.15) is 35.7 Å². The number of H-pyrrole nitrogens is 1. The summed E-state index contributed by atoms with van der Waals surface area (Å²) in [7, 11) is 2.51. The number of hydrogen-bond acceptors (Lipinski definition) is 7. The number of hydrogen-bond donors (Lipinski definition) is 3. The van der Waals surface area contributed by atoms with Crippen LogP contribution >= 0.6 is 0 Å². The van der Waals surface area contributed by atoms with Crippen LogP contribution in [0.3, 0.4) is 0 Å². The normalized spacial score (nSPS) is 11.4. The average Bonchev–Trinajstić information content (AvgIpc) is 3.12. The maximum atomic E-state index is 12.6. The number of aromatic amines is 1. The van der Waals surface area contributed by atoms with Gasteiger partial charge in [-0.25, -0.2) is 9.78 Å². The van der Waals surface area contributed by atoms with Crippen molar-refractivity contribution in [2.75, 3.05) is 7.11 Å². The first-order chi connectivity index (χ1) is 13.6. The van der Waals surface area contributed by atoms with Crippen molar-refractivity contribution in [3.63, 3.8) is 0 Å². The molecule has 0 spiro atoms. The topological polar surface area (TPSA) is 139 Å². The van der Waals surface area contributed by atoms with E-state index in [4.69, 9.17) is 0 Å². The third-order valence-corrected chi connectivity index (χ3v) is 4.53. The van der Waals surface area contributed by atoms with Gasteiger partial charge in [-0.15, -0.1) is 0 Å². The molecule has 3 N–H and O–H groups in total. The molecule has 10 heteroatoms. The van der Waals surface area contributed by atoms with Crippen LogP contribution < -0.4 is 10.9 Å². The lowest BCUT2D eigenvalue weighted by molar-refractivity contribution is -0.122. The second kappa shape index (κ2) is 7.38. The number of aromatic nitrogens is 4. The minimum absolute atomic E-state index is 0.0966. The molecule has 3 rings (SSSR count). The Hall–Kier alpha value is -3.69. The number of amides is 1. The Morgan fingerprint density at radius 1 is 1.34 bits per heavy atom. The summed E-state index contributed by atoms with van der Waals surface area (Å²) in [6.07, 6.45) is 1.77. The number of ether oxygens (including phenoxy) is 1. The Morgan fingerprint density at radius 3 is 2.76 bits per heavy atom. The standard InChI is InChI=1S/C19H21N5O5/c1-19(2,18-21-14(17(28)29-4)15(26)16(27)24(18)3)22-13(25)8-10-5-6-12-11(7-10)9-20-23-12/h5-7,9,26H,8H2,1-4H3,(H,20,23)(H,22,25). The van der Waals surface area contributed by atoms with Gasteiger partial charge in [-0.05, 0) is 31.5 Å². The summed E-state index contributed by atoms with van der Waals surface area (Å²) in [5.74, 6) is -1.96. The lowest BCUT2D eigenvalue weighted by Crippen LogP contribution is -2.46. The molecular formula is C19H21N5O5. The van der Waals surface area contributed by atoms with E-state index in [9.17, 15) is 19.5 Å². The smallest absolute Gasteiger partial charge is 0.360 e. The molecular weight excluding hydrogens is 378 g/mol. The minimum Gasteiger partial charge on any atom is -0.501 e. The molecule has 152 valence electrons. The highest BCUT2D eigenvalue weighted by molar-refractivity contribution is 5.90. The number of benzene rings is 1. The SMILES string of the molecule is COC(=O)c1nc(C(C)(C)NC(=O)Cc2ccc3[nH]ncc3c2)n(C)c(=O)c1O. The van der Waals surface area contributed by atoms with E-state index in [0.717, 1.165) is 28.1 Å². The highest BCUT2D eigenvalue weighted by Crippen LogP contribution is 2.21. The number of esters is 1. The second-order valence-corrected chi connectivity index (χ2v) is 7.13. The molecule has 1 amide bonds. The number of nitrogens with one attached hydrogen (secondary N) is 2. The van der Waals surface area contributed by atoms with Crippen molar-refractivity contribution in [3.05, 3.63) is 51.8 Å². The van der Waals surface area contributed by atoms with Crippen molar-refractivity contribution in [1.29, 1.82) is 0 Å². The fourth-order valence-corrected chi connectivity index (χ4v) is 3.12. The maximum absolute atomic E-state index is 12.6. The van der Waals surface area contributed by atoms with Crippen molar-refractivity contribution in [2.45, 2.75) is 25.8 Å². The van der Waals surface area contributed by atoms with Crippen LogP contribution in [0.25, 0.3) is 10.9 Å². The molecule has 0 fully saturated rings. The molecule has 0 bridgehead atoms. The quantitative estimate of drug-likeness (QED) is 0.538. The Bertz CT molecular complexity index is 1160. The zero-order valence-electron chi connectivity index (χ0n) is 16.4. The summed E-state index contributed by atoms with van der Waals surface area (Å²) >= 11 is 0. The molecule has 10 nitrogen and oxygen atoms in total. The van der Waals surface area contributed by atoms with E-state index in [1.165, 1.54) is 7.05 Å². The monoisotopic (exact) mass is 399 g/mol. The van der Waals surface area contributed by atoms with E-state index in [-0.39, 0.29) is 18.2 Å². The van der Waals surface area contributed by atoms with Crippen molar-refractivity contribution in [2.24, 2.45) is 7.05 Å². The number of nitrogens with zero attached hydrogens (tertiary/aromatic N) is 3. The summed E-state index contributed by atoms with van der Waals surface area (Å²) in [6, 6.07) is 5.51. The van der Waals surface area contributed by atoms with Crippen molar-refractivity contribution in [3.8, 4) is 5.75 Å². The van der Waals surface area contributed by atoms with Crippen molar-refractivity contribution >= 4 is 22.8 Å². The molecule has 1 aromatic carbocycles. The summed E-state index contributed by atoms with van der Waals surface area (Å²) in [4.78, 5) is 40.8. The fourth-order valence-electron chi connectivity index (χ4n) is 3.12. The Morgan fingerprint density at radius 2 is 2.07 bits per heavy atom. The molecule has 0 radical (unpaired) electrons. The Kier molecular flexibility index (Phi) is 5.10. The van der Waals surface area contributed by atoms with Gasteiger partial charge in [0.2, 0.25) is 11.7 Å². The number of rotatable bonds is 5. The lowest BCUT2D eigenvalue weighted by atomic mass is 10.0. The average molecular weight is 399 g/mol. The van der Waals surface area contributed by atoms with E-state index in [0.29, 0.717) is 0 Å². The van der Waals surface area contributed by atoms with Gasteiger partial charge in [-0.3, -0.25) is 19.3 Å². The molecule has 29 heavy (non-hydrogen) atoms. The Labute approximate surface area is 165 Å². The minimum atomic E-state index is -1.11. The molecule has 0 saturated heterocycles. The zero-order chi connectivity index (χ0) is 21.3. The summed E-state index contributed by atoms with van der Waals surface area (Å²) in [6.45, 7) is 3.29. The van der Waals surface area contributed by atoms with Gasteiger partial charge in [-0.1, -0.05) is 6.07 Å². The number of carbonyl (C=O) groups is 2. The number of fused-ring (bicyclic) bond motifs is 1. The molecule has 2 heterocycles. The van der Waals surface area contributed by atoms with Gasteiger partial charge < -0.3 is 15.2 Å². The number of aromatic hydroxyl groups is 1. The van der Waals surface area contributed by atoms with Crippen LogP contribution in [0.2, 0.25) is 0 Å². The van der Waals surface area contributed by atoms with Crippen LogP contribution in [-0.2, 0) is 28.5 Å². The molecule has 0 unspecified atom stereocenters. The van der Waals surface area contributed by atoms with E-state index in [1.54, 1.807) is 20.0 Å². The first-order valence-corrected chi connectivity index (χ1v) is 8.76. The summed E-state index contributed by atoms with van der Waals surface area (Å²) < 4.78 is 5.65. The third-order valence-electron chi connectivity index (χ3n) is 4.53. The molecule has 0 atom stereocenters. The van der Waals surface area contributed by atoms with Crippen LogP contribution in [0, 0.1) is 0 Å². The number of methoxy groups -OCH3 is 1. The van der Waals surface area contributed by atoms with Gasteiger partial charge in [0.25, 0.3) is 5.56 Å². The summed E-state index contributed by atoms with van der Waals surface area (Å²) in [5, 5.41) is 20.4. The predicted octanol–water partition coefficient (Wildman–Crippen LogP) is 0.743. The van der Waals surface area contributed by atoms with E-state index in [2.05, 4.69) is 25.2 Å². The summed E-state index contributed by atoms with van der Waals surface area (Å²) in [5.41, 5.74) is -0.772. The first-order valence-electron chi connectivity index (χ1n) is 8.76. The van der Waals surface area contributed by atoms with E-state index < -0.39 is 28.5 Å². The Balaban J connectivity index is 1.88. The van der Waals surface area contributed by atoms with Crippen molar-refractivity contribution in [1.82, 2.24) is 25.1 Å². The first kappa shape index (κ1) is 20.1. The maximum Gasteiger partial charge on any atom is 0.360 e. The van der Waals surface area contributed by atoms with E-state index >= 15 is 0 Å². The molecule has 0 aliphatic carbocycles. The highest BCUT2D eigenvalue weighted by Gasteiger charge is 2.31. The zero-order valence-corrected chi connectivity index (χ0v) is 16.4. The molecule has 0 saturated carbocycles. The number of carbonyl (C=O) groups excluding carboxylic acids is 2. The van der Waals surface area contributed by atoms with Crippen LogP contribution in [0.4, 0.5) is 0 Å². The fraction of sp³-hybridized carbons (Fsp3) is 0.316. The molecule has 0 aliphatic rings. The van der Waals surface area contributed by atoms with Crippen LogP contribution in [0.5, 0.6) is 5.75 Å². The van der Waals surface area contributed by atoms with Crippen LogP contribution in [-0.4, -0.2) is 43.8 Å². The largest absolute Gasteiger partial charge is 0.501 e. The lowest BCUT2D eigenvalue weighted by Gasteiger charge is -2.28. The van der Waals surface area contributed by atoms with Crippen LogP contribution in [0.15, 0.2) is 29.2 Å². The van der Waals surface area contributed by atoms with Crippen molar-refractivity contribution < 1.29 is 19.4 Å². The van der Waals surface area contributed by atoms with Gasteiger partial charge in [0.1, 0.15) is 5.82 Å². The molecule has 3 aromatic rings. The third kappa shape index (κ3) is 3.82. The van der Waals surface area contributed by atoms with Gasteiger partial charge in [0.15, 0.2) is 5.69 Å². The second-order valence-electron chi connectivity index (χ2n) is 7.13. The van der Waals surface area contributed by atoms with Gasteiger partial charge in [0, 0.05) is 12.4 Å². The highest BCUT2D eigenvalue weighted by atomic mass is 16.5. The van der Waals surface area contributed by atoms with Gasteiger partial charge in [-0.2, -0.15) is 5.10 Å². The predicted molar refractivity (Wildman–Crippen MR) is 103 cm³/mol. The van der Waals surface area contributed by atoms with Gasteiger partial charge in [0.05, 0.1) is 30.8 Å².